The van der Waals surface area contributed by atoms with E-state index in [1.54, 1.807) is 11.7 Å². The minimum atomic E-state index is -1.01. The molecule has 6 nitrogen and oxygen atoms in total. The molecular weight excluding hydrogens is 240 g/mol. The quantitative estimate of drug-likeness (QED) is 0.719. The van der Waals surface area contributed by atoms with Gasteiger partial charge in [-0.2, -0.15) is 5.10 Å². The van der Waals surface area contributed by atoms with Gasteiger partial charge in [0.25, 0.3) is 0 Å². The SMILES string of the molecule is O=C(O)c1cc(-c2cncs2)nc2cn[nH]c12. The number of carbonyl (C=O) groups is 1. The highest BCUT2D eigenvalue weighted by Gasteiger charge is 2.14. The van der Waals surface area contributed by atoms with Gasteiger partial charge in [-0.15, -0.1) is 11.3 Å². The fourth-order valence-corrected chi connectivity index (χ4v) is 2.15. The minimum absolute atomic E-state index is 0.163. The Balaban J connectivity index is 2.31. The lowest BCUT2D eigenvalue weighted by Gasteiger charge is -2.00. The van der Waals surface area contributed by atoms with Gasteiger partial charge in [0.15, 0.2) is 0 Å². The van der Waals surface area contributed by atoms with Crippen molar-refractivity contribution in [2.24, 2.45) is 0 Å². The topological polar surface area (TPSA) is 91.8 Å². The molecule has 0 spiro atoms. The van der Waals surface area contributed by atoms with Crippen LogP contribution < -0.4 is 0 Å². The third-order valence-corrected chi connectivity index (χ3v) is 3.12. The van der Waals surface area contributed by atoms with Crippen LogP contribution in [0.15, 0.2) is 24.0 Å². The van der Waals surface area contributed by atoms with Crippen molar-refractivity contribution in [3.05, 3.63) is 29.5 Å². The summed E-state index contributed by atoms with van der Waals surface area (Å²) in [7, 11) is 0. The largest absolute Gasteiger partial charge is 0.478 e. The van der Waals surface area contributed by atoms with Crippen molar-refractivity contribution in [2.75, 3.05) is 0 Å². The summed E-state index contributed by atoms with van der Waals surface area (Å²) in [4.78, 5) is 20.3. The number of carboxylic acids is 1. The minimum Gasteiger partial charge on any atom is -0.478 e. The van der Waals surface area contributed by atoms with Crippen molar-refractivity contribution < 1.29 is 9.90 Å². The number of aromatic carboxylic acids is 1. The maximum Gasteiger partial charge on any atom is 0.338 e. The lowest BCUT2D eigenvalue weighted by Crippen LogP contribution is -1.99. The smallest absolute Gasteiger partial charge is 0.338 e. The lowest BCUT2D eigenvalue weighted by atomic mass is 10.2. The third-order valence-electron chi connectivity index (χ3n) is 2.33. The lowest BCUT2D eigenvalue weighted by molar-refractivity contribution is 0.0699. The molecule has 17 heavy (non-hydrogen) atoms. The standard InChI is InChI=1S/C10H6N4O2S/c15-10(16)5-1-6(8-3-11-4-17-8)13-7-2-12-14-9(5)7/h1-4H,(H,12,14)(H,15,16). The molecule has 0 atom stereocenters. The van der Waals surface area contributed by atoms with Crippen LogP contribution in [-0.4, -0.2) is 31.2 Å². The van der Waals surface area contributed by atoms with Gasteiger partial charge < -0.3 is 5.11 Å². The zero-order valence-corrected chi connectivity index (χ0v) is 9.23. The van der Waals surface area contributed by atoms with Crippen LogP contribution in [0.4, 0.5) is 0 Å². The number of carboxylic acid groups (broad SMARTS) is 1. The Kier molecular flexibility index (Phi) is 2.12. The Morgan fingerprint density at radius 3 is 3.00 bits per heavy atom. The second-order valence-corrected chi connectivity index (χ2v) is 4.24. The fraction of sp³-hybridized carbons (Fsp3) is 0. The number of nitrogens with one attached hydrogen (secondary N) is 1. The Hall–Kier alpha value is -2.28. The van der Waals surface area contributed by atoms with Gasteiger partial charge in [-0.1, -0.05) is 0 Å². The molecule has 3 aromatic rings. The number of pyridine rings is 1. The summed E-state index contributed by atoms with van der Waals surface area (Å²) in [6.07, 6.45) is 3.16. The summed E-state index contributed by atoms with van der Waals surface area (Å²) < 4.78 is 0. The number of fused-ring (bicyclic) bond motifs is 1. The Morgan fingerprint density at radius 1 is 1.41 bits per heavy atom. The molecule has 0 aliphatic carbocycles. The Morgan fingerprint density at radius 2 is 2.29 bits per heavy atom. The molecule has 3 heterocycles. The maximum absolute atomic E-state index is 11.1. The molecule has 0 radical (unpaired) electrons. The van der Waals surface area contributed by atoms with E-state index in [0.29, 0.717) is 16.7 Å². The van der Waals surface area contributed by atoms with E-state index in [-0.39, 0.29) is 5.56 Å². The van der Waals surface area contributed by atoms with Crippen LogP contribution in [0.3, 0.4) is 0 Å². The third kappa shape index (κ3) is 1.56. The zero-order valence-electron chi connectivity index (χ0n) is 8.41. The van der Waals surface area contributed by atoms with Crippen molar-refractivity contribution in [1.82, 2.24) is 20.2 Å². The highest BCUT2D eigenvalue weighted by molar-refractivity contribution is 7.13. The Bertz CT molecular complexity index is 689. The molecule has 3 rings (SSSR count). The second-order valence-electron chi connectivity index (χ2n) is 3.36. The highest BCUT2D eigenvalue weighted by atomic mass is 32.1. The summed E-state index contributed by atoms with van der Waals surface area (Å²) in [5, 5.41) is 15.6. The molecule has 0 amide bonds. The normalized spacial score (nSPS) is 10.8. The average Bonchev–Trinajstić information content (AvgIpc) is 2.98. The summed E-state index contributed by atoms with van der Waals surface area (Å²) in [5.74, 6) is -1.01. The van der Waals surface area contributed by atoms with E-state index < -0.39 is 5.97 Å². The predicted molar refractivity (Wildman–Crippen MR) is 62.0 cm³/mol. The molecule has 0 aromatic carbocycles. The molecule has 0 aliphatic rings. The molecule has 7 heteroatoms. The van der Waals surface area contributed by atoms with E-state index >= 15 is 0 Å². The Labute approximate surface area is 99.0 Å². The number of nitrogens with zero attached hydrogens (tertiary/aromatic N) is 3. The van der Waals surface area contributed by atoms with Crippen LogP contribution in [0, 0.1) is 0 Å². The van der Waals surface area contributed by atoms with E-state index in [2.05, 4.69) is 20.2 Å². The molecule has 0 fully saturated rings. The van der Waals surface area contributed by atoms with E-state index in [4.69, 9.17) is 5.11 Å². The molecule has 3 aromatic heterocycles. The molecular formula is C10H6N4O2S. The van der Waals surface area contributed by atoms with Gasteiger partial charge in [0, 0.05) is 6.20 Å². The first-order valence-electron chi connectivity index (χ1n) is 4.72. The van der Waals surface area contributed by atoms with Crippen LogP contribution in [0.5, 0.6) is 0 Å². The summed E-state index contributed by atoms with van der Waals surface area (Å²) in [5.41, 5.74) is 3.41. The van der Waals surface area contributed by atoms with E-state index in [1.165, 1.54) is 23.6 Å². The zero-order chi connectivity index (χ0) is 11.8. The van der Waals surface area contributed by atoms with Crippen LogP contribution in [0.1, 0.15) is 10.4 Å². The summed E-state index contributed by atoms with van der Waals surface area (Å²) in [6.45, 7) is 0. The first-order chi connectivity index (χ1) is 8.25. The van der Waals surface area contributed by atoms with Crippen molar-refractivity contribution in [3.63, 3.8) is 0 Å². The number of hydrogen-bond acceptors (Lipinski definition) is 5. The number of rotatable bonds is 2. The van der Waals surface area contributed by atoms with Crippen molar-refractivity contribution in [3.8, 4) is 10.6 Å². The van der Waals surface area contributed by atoms with Gasteiger partial charge >= 0.3 is 5.97 Å². The highest BCUT2D eigenvalue weighted by Crippen LogP contribution is 2.25. The van der Waals surface area contributed by atoms with E-state index in [1.807, 2.05) is 0 Å². The van der Waals surface area contributed by atoms with Crippen LogP contribution in [0.25, 0.3) is 21.6 Å². The van der Waals surface area contributed by atoms with Crippen LogP contribution in [0.2, 0.25) is 0 Å². The van der Waals surface area contributed by atoms with Gasteiger partial charge in [0.05, 0.1) is 33.4 Å². The number of aromatic amines is 1. The van der Waals surface area contributed by atoms with Crippen LogP contribution in [-0.2, 0) is 0 Å². The molecule has 84 valence electrons. The van der Waals surface area contributed by atoms with E-state index in [9.17, 15) is 4.79 Å². The molecule has 0 bridgehead atoms. The molecule has 0 unspecified atom stereocenters. The van der Waals surface area contributed by atoms with Crippen LogP contribution >= 0.6 is 11.3 Å². The van der Waals surface area contributed by atoms with Gasteiger partial charge in [-0.3, -0.25) is 10.1 Å². The molecule has 0 aliphatic heterocycles. The van der Waals surface area contributed by atoms with Gasteiger partial charge in [-0.05, 0) is 6.07 Å². The van der Waals surface area contributed by atoms with Crippen molar-refractivity contribution in [1.29, 1.82) is 0 Å². The van der Waals surface area contributed by atoms with E-state index in [0.717, 1.165) is 4.88 Å². The fourth-order valence-electron chi connectivity index (χ4n) is 1.57. The van der Waals surface area contributed by atoms with Gasteiger partial charge in [0.2, 0.25) is 0 Å². The first-order valence-corrected chi connectivity index (χ1v) is 5.60. The number of aromatic nitrogens is 4. The van der Waals surface area contributed by atoms with Crippen molar-refractivity contribution in [2.45, 2.75) is 0 Å². The monoisotopic (exact) mass is 246 g/mol. The first kappa shape index (κ1) is 9.91. The molecule has 0 saturated heterocycles. The number of hydrogen-bond donors (Lipinski definition) is 2. The average molecular weight is 246 g/mol. The predicted octanol–water partition coefficient (Wildman–Crippen LogP) is 1.78. The number of thiazole rings is 1. The maximum atomic E-state index is 11.1. The van der Waals surface area contributed by atoms with Crippen molar-refractivity contribution >= 4 is 28.3 Å². The summed E-state index contributed by atoms with van der Waals surface area (Å²) >= 11 is 1.41. The molecule has 2 N–H and O–H groups in total. The second kappa shape index (κ2) is 3.63. The van der Waals surface area contributed by atoms with Gasteiger partial charge in [-0.25, -0.2) is 9.78 Å². The summed E-state index contributed by atoms with van der Waals surface area (Å²) in [6, 6.07) is 1.52. The number of H-pyrrole nitrogens is 1. The van der Waals surface area contributed by atoms with Gasteiger partial charge in [0.1, 0.15) is 5.52 Å². The molecule has 0 saturated carbocycles.